The third-order valence-corrected chi connectivity index (χ3v) is 5.36. The monoisotopic (exact) mass is 458 g/mol. The van der Waals surface area contributed by atoms with Gasteiger partial charge in [-0.15, -0.1) is 13.2 Å². The Labute approximate surface area is 174 Å². The summed E-state index contributed by atoms with van der Waals surface area (Å²) in [5, 5.41) is -0.218. The predicted molar refractivity (Wildman–Crippen MR) is 106 cm³/mol. The molecule has 0 spiro atoms. The van der Waals surface area contributed by atoms with Gasteiger partial charge in [-0.05, 0) is 48.9 Å². The van der Waals surface area contributed by atoms with E-state index in [2.05, 4.69) is 19.4 Å². The van der Waals surface area contributed by atoms with Crippen molar-refractivity contribution in [3.8, 4) is 17.0 Å². The average Bonchev–Trinajstić information content (AvgIpc) is 2.64. The largest absolute Gasteiger partial charge is 0.573 e. The highest BCUT2D eigenvalue weighted by atomic mass is 35.5. The number of hydrogen-bond donors (Lipinski definition) is 2. The van der Waals surface area contributed by atoms with Gasteiger partial charge < -0.3 is 10.5 Å². The Hall–Kier alpha value is -3.05. The molecule has 0 fully saturated rings. The lowest BCUT2D eigenvalue weighted by molar-refractivity contribution is -0.274. The van der Waals surface area contributed by atoms with E-state index < -0.39 is 22.1 Å². The summed E-state index contributed by atoms with van der Waals surface area (Å²) in [5.41, 5.74) is 6.38. The molecule has 1 aromatic carbocycles. The molecule has 0 saturated heterocycles. The number of hydrogen-bond acceptors (Lipinski definition) is 6. The first-order valence-electron chi connectivity index (χ1n) is 8.23. The number of pyridine rings is 2. The molecule has 0 aliphatic heterocycles. The number of nitrogens with zero attached hydrogens (tertiary/aromatic N) is 2. The van der Waals surface area contributed by atoms with Gasteiger partial charge in [0.05, 0.1) is 10.7 Å². The van der Waals surface area contributed by atoms with Crippen LogP contribution in [0.5, 0.6) is 5.75 Å². The van der Waals surface area contributed by atoms with Gasteiger partial charge in [0.15, 0.2) is 5.03 Å². The molecule has 158 valence electrons. The maximum absolute atomic E-state index is 12.5. The van der Waals surface area contributed by atoms with E-state index in [-0.39, 0.29) is 32.9 Å². The maximum Gasteiger partial charge on any atom is 0.573 e. The lowest BCUT2D eigenvalue weighted by Crippen LogP contribution is -2.17. The number of sulfonamides is 1. The summed E-state index contributed by atoms with van der Waals surface area (Å²) in [6.45, 7) is 1.64. The Morgan fingerprint density at radius 1 is 1.10 bits per heavy atom. The van der Waals surface area contributed by atoms with Crippen molar-refractivity contribution in [2.24, 2.45) is 0 Å². The Bertz CT molecular complexity index is 1200. The molecule has 0 atom stereocenters. The van der Waals surface area contributed by atoms with E-state index in [9.17, 15) is 21.6 Å². The van der Waals surface area contributed by atoms with Gasteiger partial charge in [0.2, 0.25) is 0 Å². The minimum Gasteiger partial charge on any atom is -0.406 e. The van der Waals surface area contributed by atoms with Gasteiger partial charge in [-0.25, -0.2) is 9.97 Å². The van der Waals surface area contributed by atoms with E-state index in [0.717, 1.165) is 12.1 Å². The normalized spacial score (nSPS) is 11.9. The van der Waals surface area contributed by atoms with E-state index in [1.807, 2.05) is 0 Å². The van der Waals surface area contributed by atoms with Crippen molar-refractivity contribution < 1.29 is 26.3 Å². The minimum atomic E-state index is -4.87. The SMILES string of the molecule is Cc1ccc(OC(F)(F)F)cc1-c1nc(NS(=O)(=O)c2cccc(N)n2)ccc1Cl. The Morgan fingerprint density at radius 3 is 2.50 bits per heavy atom. The fraction of sp³-hybridized carbons (Fsp3) is 0.111. The van der Waals surface area contributed by atoms with E-state index in [0.29, 0.717) is 5.56 Å². The van der Waals surface area contributed by atoms with Crippen LogP contribution < -0.4 is 15.2 Å². The highest BCUT2D eigenvalue weighted by molar-refractivity contribution is 7.92. The molecule has 3 rings (SSSR count). The summed E-state index contributed by atoms with van der Waals surface area (Å²) in [4.78, 5) is 7.91. The molecule has 2 aromatic heterocycles. The molecule has 0 bridgehead atoms. The second kappa shape index (κ2) is 8.00. The Morgan fingerprint density at radius 2 is 1.83 bits per heavy atom. The molecule has 0 unspecified atom stereocenters. The van der Waals surface area contributed by atoms with E-state index >= 15 is 0 Å². The number of ether oxygens (including phenoxy) is 1. The maximum atomic E-state index is 12.5. The number of halogens is 4. The van der Waals surface area contributed by atoms with Crippen LogP contribution in [0, 0.1) is 6.92 Å². The van der Waals surface area contributed by atoms with Crippen LogP contribution in [-0.4, -0.2) is 24.7 Å². The fourth-order valence-electron chi connectivity index (χ4n) is 2.51. The number of alkyl halides is 3. The topological polar surface area (TPSA) is 107 Å². The van der Waals surface area contributed by atoms with Gasteiger partial charge in [0, 0.05) is 5.56 Å². The molecular formula is C18H14ClF3N4O3S. The first-order chi connectivity index (χ1) is 13.9. The molecular weight excluding hydrogens is 445 g/mol. The van der Waals surface area contributed by atoms with Crippen molar-refractivity contribution in [3.05, 3.63) is 59.1 Å². The number of nitrogens with two attached hydrogens (primary N) is 1. The first kappa shape index (κ1) is 21.7. The average molecular weight is 459 g/mol. The molecule has 12 heteroatoms. The zero-order valence-corrected chi connectivity index (χ0v) is 16.8. The van der Waals surface area contributed by atoms with Crippen LogP contribution in [-0.2, 0) is 10.0 Å². The Balaban J connectivity index is 1.99. The standard InChI is InChI=1S/C18H14ClF3N4O3S/c1-10-5-6-11(29-18(20,21)22)9-12(10)17-13(19)7-8-15(25-17)26-30(27,28)16-4-2-3-14(23)24-16/h2-9H,1H3,(H2,23,24)(H,25,26). The summed E-state index contributed by atoms with van der Waals surface area (Å²) >= 11 is 6.17. The van der Waals surface area contributed by atoms with Crippen LogP contribution in [0.2, 0.25) is 5.02 Å². The molecule has 0 aliphatic rings. The fourth-order valence-corrected chi connectivity index (χ4v) is 3.70. The summed E-state index contributed by atoms with van der Waals surface area (Å²) in [7, 11) is -4.11. The first-order valence-corrected chi connectivity index (χ1v) is 10.1. The Kier molecular flexibility index (Phi) is 5.77. The number of aromatic nitrogens is 2. The molecule has 3 aromatic rings. The van der Waals surface area contributed by atoms with Gasteiger partial charge >= 0.3 is 6.36 Å². The van der Waals surface area contributed by atoms with Crippen LogP contribution in [0.25, 0.3) is 11.3 Å². The quantitative estimate of drug-likeness (QED) is 0.587. The third kappa shape index (κ3) is 5.10. The lowest BCUT2D eigenvalue weighted by atomic mass is 10.0. The van der Waals surface area contributed by atoms with Crippen LogP contribution in [0.1, 0.15) is 5.56 Å². The molecule has 0 radical (unpaired) electrons. The lowest BCUT2D eigenvalue weighted by Gasteiger charge is -2.14. The minimum absolute atomic E-state index is 0.0136. The van der Waals surface area contributed by atoms with Gasteiger partial charge in [-0.2, -0.15) is 8.42 Å². The number of benzene rings is 1. The van der Waals surface area contributed by atoms with Gasteiger partial charge in [0.1, 0.15) is 17.4 Å². The highest BCUT2D eigenvalue weighted by Crippen LogP contribution is 2.34. The summed E-state index contributed by atoms with van der Waals surface area (Å²) in [6.07, 6.45) is -4.87. The summed E-state index contributed by atoms with van der Waals surface area (Å²) in [5.74, 6) is -0.559. The van der Waals surface area contributed by atoms with Crippen molar-refractivity contribution in [1.82, 2.24) is 9.97 Å². The molecule has 0 amide bonds. The molecule has 2 heterocycles. The summed E-state index contributed by atoms with van der Waals surface area (Å²) in [6, 6.07) is 10.4. The number of nitrogen functional groups attached to an aromatic ring is 1. The molecule has 30 heavy (non-hydrogen) atoms. The van der Waals surface area contributed by atoms with Crippen molar-refractivity contribution in [1.29, 1.82) is 0 Å². The summed E-state index contributed by atoms with van der Waals surface area (Å²) < 4.78 is 68.8. The second-order valence-corrected chi connectivity index (χ2v) is 8.09. The smallest absolute Gasteiger partial charge is 0.406 e. The molecule has 0 saturated carbocycles. The van der Waals surface area contributed by atoms with Gasteiger partial charge in [0.25, 0.3) is 10.0 Å². The molecule has 7 nitrogen and oxygen atoms in total. The number of aryl methyl sites for hydroxylation is 1. The number of rotatable bonds is 5. The van der Waals surface area contributed by atoms with Crippen molar-refractivity contribution >= 4 is 33.3 Å². The van der Waals surface area contributed by atoms with Crippen molar-refractivity contribution in [2.45, 2.75) is 18.3 Å². The van der Waals surface area contributed by atoms with E-state index in [4.69, 9.17) is 17.3 Å². The zero-order chi connectivity index (χ0) is 22.1. The van der Waals surface area contributed by atoms with E-state index in [1.54, 1.807) is 6.92 Å². The zero-order valence-electron chi connectivity index (χ0n) is 15.2. The number of anilines is 2. The van der Waals surface area contributed by atoms with E-state index in [1.165, 1.54) is 36.4 Å². The third-order valence-electron chi connectivity index (χ3n) is 3.80. The van der Waals surface area contributed by atoms with Gasteiger partial charge in [-0.1, -0.05) is 23.7 Å². The van der Waals surface area contributed by atoms with Crippen LogP contribution >= 0.6 is 11.6 Å². The predicted octanol–water partition coefficient (Wildman–Crippen LogP) is 4.39. The van der Waals surface area contributed by atoms with Crippen LogP contribution in [0.15, 0.2) is 53.6 Å². The van der Waals surface area contributed by atoms with Crippen LogP contribution in [0.3, 0.4) is 0 Å². The van der Waals surface area contributed by atoms with Crippen molar-refractivity contribution in [2.75, 3.05) is 10.5 Å². The second-order valence-electron chi connectivity index (χ2n) is 6.06. The highest BCUT2D eigenvalue weighted by Gasteiger charge is 2.31. The molecule has 0 aliphatic carbocycles. The van der Waals surface area contributed by atoms with Gasteiger partial charge in [-0.3, -0.25) is 4.72 Å². The molecule has 3 N–H and O–H groups in total. The van der Waals surface area contributed by atoms with Crippen molar-refractivity contribution in [3.63, 3.8) is 0 Å². The van der Waals surface area contributed by atoms with Crippen LogP contribution in [0.4, 0.5) is 24.8 Å². The number of nitrogens with one attached hydrogen (secondary N) is 1.